The second-order valence-electron chi connectivity index (χ2n) is 4.78. The Balaban J connectivity index is 1.70. The minimum absolute atomic E-state index is 0.0108. The summed E-state index contributed by atoms with van der Waals surface area (Å²) in [5.74, 6) is -0.316. The molecule has 24 heavy (non-hydrogen) atoms. The number of non-ortho nitro benzene ring substituents is 1. The van der Waals surface area contributed by atoms with E-state index in [1.807, 2.05) is 18.2 Å². The number of nitro groups is 1. The Labute approximate surface area is 149 Å². The van der Waals surface area contributed by atoms with Crippen molar-refractivity contribution in [2.24, 2.45) is 0 Å². The molecule has 0 aliphatic carbocycles. The van der Waals surface area contributed by atoms with Gasteiger partial charge in [0.05, 0.1) is 15.1 Å². The van der Waals surface area contributed by atoms with Crippen LogP contribution < -0.4 is 5.32 Å². The lowest BCUT2D eigenvalue weighted by molar-refractivity contribution is -0.384. The molecular formula is C16H10BrN3O3S. The van der Waals surface area contributed by atoms with Crippen LogP contribution in [0.5, 0.6) is 0 Å². The molecule has 8 heteroatoms. The first-order valence-corrected chi connectivity index (χ1v) is 8.42. The van der Waals surface area contributed by atoms with Gasteiger partial charge in [0.1, 0.15) is 0 Å². The van der Waals surface area contributed by atoms with E-state index < -0.39 is 4.92 Å². The maximum atomic E-state index is 12.0. The Hall–Kier alpha value is -2.58. The van der Waals surface area contributed by atoms with Gasteiger partial charge in [-0.2, -0.15) is 0 Å². The zero-order valence-electron chi connectivity index (χ0n) is 12.1. The summed E-state index contributed by atoms with van der Waals surface area (Å²) < 4.78 is 1.84. The van der Waals surface area contributed by atoms with Crippen molar-refractivity contribution in [2.75, 3.05) is 5.32 Å². The van der Waals surface area contributed by atoms with Crippen LogP contribution in [0.3, 0.4) is 0 Å². The highest BCUT2D eigenvalue weighted by molar-refractivity contribution is 9.10. The topological polar surface area (TPSA) is 85.1 Å². The van der Waals surface area contributed by atoms with Gasteiger partial charge in [0, 0.05) is 22.7 Å². The summed E-state index contributed by atoms with van der Waals surface area (Å²) in [6, 6.07) is 11.7. The molecular weight excluding hydrogens is 394 g/mol. The lowest BCUT2D eigenvalue weighted by Crippen LogP contribution is -2.07. The number of benzene rings is 2. The van der Waals surface area contributed by atoms with Gasteiger partial charge >= 0.3 is 0 Å². The fraction of sp³-hybridized carbons (Fsp3) is 0. The smallest absolute Gasteiger partial charge is 0.269 e. The maximum Gasteiger partial charge on any atom is 0.269 e. The second kappa shape index (κ2) is 6.90. The fourth-order valence-electron chi connectivity index (χ4n) is 1.99. The van der Waals surface area contributed by atoms with Crippen molar-refractivity contribution >= 4 is 60.3 Å². The summed E-state index contributed by atoms with van der Waals surface area (Å²) >= 11 is 4.81. The van der Waals surface area contributed by atoms with Gasteiger partial charge in [-0.3, -0.25) is 20.2 Å². The number of nitrogens with one attached hydrogen (secondary N) is 1. The summed E-state index contributed by atoms with van der Waals surface area (Å²) in [5.41, 5.74) is 1.51. The molecule has 0 unspecified atom stereocenters. The summed E-state index contributed by atoms with van der Waals surface area (Å²) in [7, 11) is 0. The number of nitro benzene ring substituents is 1. The van der Waals surface area contributed by atoms with E-state index in [2.05, 4.69) is 26.2 Å². The number of halogens is 1. The predicted molar refractivity (Wildman–Crippen MR) is 98.1 cm³/mol. The molecule has 0 aliphatic rings. The molecule has 3 rings (SSSR count). The van der Waals surface area contributed by atoms with Gasteiger partial charge in [0.2, 0.25) is 5.91 Å². The Morgan fingerprint density at radius 1 is 1.25 bits per heavy atom. The molecule has 0 saturated carbocycles. The summed E-state index contributed by atoms with van der Waals surface area (Å²) in [6.45, 7) is 0. The fourth-order valence-corrected chi connectivity index (χ4v) is 3.48. The van der Waals surface area contributed by atoms with E-state index in [0.29, 0.717) is 10.7 Å². The van der Waals surface area contributed by atoms with E-state index in [0.717, 1.165) is 14.7 Å². The van der Waals surface area contributed by atoms with Crippen molar-refractivity contribution in [3.05, 3.63) is 68.7 Å². The van der Waals surface area contributed by atoms with Crippen LogP contribution in [0, 0.1) is 10.1 Å². The standard InChI is InChI=1S/C16H10BrN3O3S/c17-12-2-1-3-13-15(12)19-16(24-13)18-14(21)9-6-10-4-7-11(8-5-10)20(22)23/h1-9H,(H,18,19,21). The molecule has 1 aromatic heterocycles. The van der Waals surface area contributed by atoms with Crippen LogP contribution in [-0.2, 0) is 4.79 Å². The highest BCUT2D eigenvalue weighted by Crippen LogP contribution is 2.30. The average Bonchev–Trinajstić information content (AvgIpc) is 2.97. The lowest BCUT2D eigenvalue weighted by atomic mass is 10.2. The molecule has 2 aromatic carbocycles. The Kier molecular flexibility index (Phi) is 4.68. The van der Waals surface area contributed by atoms with E-state index in [1.54, 1.807) is 18.2 Å². The minimum Gasteiger partial charge on any atom is -0.298 e. The highest BCUT2D eigenvalue weighted by atomic mass is 79.9. The van der Waals surface area contributed by atoms with Gasteiger partial charge in [0.25, 0.3) is 5.69 Å². The van der Waals surface area contributed by atoms with Gasteiger partial charge in [-0.25, -0.2) is 4.98 Å². The van der Waals surface area contributed by atoms with Crippen LogP contribution in [0.25, 0.3) is 16.3 Å². The lowest BCUT2D eigenvalue weighted by Gasteiger charge is -1.96. The number of hydrogen-bond donors (Lipinski definition) is 1. The quantitative estimate of drug-likeness (QED) is 0.391. The van der Waals surface area contributed by atoms with Crippen LogP contribution in [-0.4, -0.2) is 15.8 Å². The molecule has 1 heterocycles. The molecule has 0 radical (unpaired) electrons. The first kappa shape index (κ1) is 16.3. The third kappa shape index (κ3) is 3.66. The van der Waals surface area contributed by atoms with Gasteiger partial charge < -0.3 is 0 Å². The molecule has 0 fully saturated rings. The van der Waals surface area contributed by atoms with E-state index in [9.17, 15) is 14.9 Å². The normalized spacial score (nSPS) is 11.0. The number of carbonyl (C=O) groups is 1. The number of thiazole rings is 1. The number of amides is 1. The van der Waals surface area contributed by atoms with Crippen molar-refractivity contribution in [2.45, 2.75) is 0 Å². The van der Waals surface area contributed by atoms with Crippen LogP contribution >= 0.6 is 27.3 Å². The second-order valence-corrected chi connectivity index (χ2v) is 6.66. The monoisotopic (exact) mass is 403 g/mol. The molecule has 0 spiro atoms. The third-order valence-corrected chi connectivity index (χ3v) is 4.71. The number of hydrogen-bond acceptors (Lipinski definition) is 5. The van der Waals surface area contributed by atoms with Gasteiger partial charge in [0.15, 0.2) is 5.13 Å². The number of fused-ring (bicyclic) bond motifs is 1. The van der Waals surface area contributed by atoms with Crippen LogP contribution in [0.15, 0.2) is 53.0 Å². The zero-order chi connectivity index (χ0) is 17.1. The zero-order valence-corrected chi connectivity index (χ0v) is 14.5. The molecule has 1 N–H and O–H groups in total. The predicted octanol–water partition coefficient (Wildman–Crippen LogP) is 4.62. The SMILES string of the molecule is O=C(C=Cc1ccc([N+](=O)[O-])cc1)Nc1nc2c(Br)cccc2s1. The largest absolute Gasteiger partial charge is 0.298 e. The number of rotatable bonds is 4. The first-order chi connectivity index (χ1) is 11.5. The first-order valence-electron chi connectivity index (χ1n) is 6.81. The Bertz CT molecular complexity index is 951. The third-order valence-electron chi connectivity index (χ3n) is 3.13. The molecule has 0 aliphatic heterocycles. The molecule has 3 aromatic rings. The molecule has 6 nitrogen and oxygen atoms in total. The maximum absolute atomic E-state index is 12.0. The van der Waals surface area contributed by atoms with E-state index in [4.69, 9.17) is 0 Å². The number of nitrogens with zero attached hydrogens (tertiary/aromatic N) is 2. The van der Waals surface area contributed by atoms with E-state index in [1.165, 1.54) is 29.5 Å². The Morgan fingerprint density at radius 3 is 2.67 bits per heavy atom. The molecule has 0 saturated heterocycles. The van der Waals surface area contributed by atoms with E-state index >= 15 is 0 Å². The van der Waals surface area contributed by atoms with Gasteiger partial charge in [-0.1, -0.05) is 17.4 Å². The number of aromatic nitrogens is 1. The van der Waals surface area contributed by atoms with Crippen LogP contribution in [0.1, 0.15) is 5.56 Å². The number of anilines is 1. The highest BCUT2D eigenvalue weighted by Gasteiger charge is 2.08. The van der Waals surface area contributed by atoms with Crippen molar-refractivity contribution in [1.29, 1.82) is 0 Å². The Morgan fingerprint density at radius 2 is 2.00 bits per heavy atom. The minimum atomic E-state index is -0.467. The number of para-hydroxylation sites is 1. The van der Waals surface area contributed by atoms with Crippen molar-refractivity contribution in [3.8, 4) is 0 Å². The average molecular weight is 404 g/mol. The summed E-state index contributed by atoms with van der Waals surface area (Å²) in [4.78, 5) is 26.5. The van der Waals surface area contributed by atoms with Crippen molar-refractivity contribution in [1.82, 2.24) is 4.98 Å². The van der Waals surface area contributed by atoms with Crippen molar-refractivity contribution < 1.29 is 9.72 Å². The number of carbonyl (C=O) groups excluding carboxylic acids is 1. The molecule has 0 atom stereocenters. The van der Waals surface area contributed by atoms with Crippen LogP contribution in [0.4, 0.5) is 10.8 Å². The van der Waals surface area contributed by atoms with E-state index in [-0.39, 0.29) is 11.6 Å². The van der Waals surface area contributed by atoms with Crippen LogP contribution in [0.2, 0.25) is 0 Å². The molecule has 0 bridgehead atoms. The summed E-state index contributed by atoms with van der Waals surface area (Å²) in [6.07, 6.45) is 2.95. The summed E-state index contributed by atoms with van der Waals surface area (Å²) in [5, 5.41) is 13.8. The van der Waals surface area contributed by atoms with Crippen molar-refractivity contribution in [3.63, 3.8) is 0 Å². The molecule has 1 amide bonds. The molecule has 120 valence electrons. The van der Waals surface area contributed by atoms with Gasteiger partial charge in [-0.05, 0) is 51.8 Å². The van der Waals surface area contributed by atoms with Gasteiger partial charge in [-0.15, -0.1) is 0 Å².